The van der Waals surface area contributed by atoms with E-state index in [1.54, 1.807) is 0 Å². The first-order chi connectivity index (χ1) is 9.08. The summed E-state index contributed by atoms with van der Waals surface area (Å²) in [6, 6.07) is 2.05. The predicted octanol–water partition coefficient (Wildman–Crippen LogP) is 5.25. The highest BCUT2D eigenvalue weighted by atomic mass is 35.5. The van der Waals surface area contributed by atoms with E-state index in [0.717, 1.165) is 38.0 Å². The molecule has 1 fully saturated rings. The van der Waals surface area contributed by atoms with Crippen molar-refractivity contribution >= 4 is 23.2 Å². The van der Waals surface area contributed by atoms with Crippen molar-refractivity contribution in [2.45, 2.75) is 43.6 Å². The molecule has 2 unspecified atom stereocenters. The molecule has 0 aliphatic carbocycles. The lowest BCUT2D eigenvalue weighted by atomic mass is 10.0. The minimum absolute atomic E-state index is 0.170. The van der Waals surface area contributed by atoms with E-state index >= 15 is 0 Å². The fourth-order valence-electron chi connectivity index (χ4n) is 2.30. The minimum atomic E-state index is -0.951. The molecule has 106 valence electrons. The first-order valence-corrected chi connectivity index (χ1v) is 7.29. The molecule has 2 atom stereocenters. The van der Waals surface area contributed by atoms with Crippen molar-refractivity contribution in [1.29, 1.82) is 0 Å². The Hall–Kier alpha value is -0.380. The fourth-order valence-corrected chi connectivity index (χ4v) is 2.95. The van der Waals surface area contributed by atoms with Crippen LogP contribution in [0.25, 0.3) is 0 Å². The number of benzene rings is 1. The maximum atomic E-state index is 13.2. The highest BCUT2D eigenvalue weighted by Crippen LogP contribution is 2.34. The highest BCUT2D eigenvalue weighted by Gasteiger charge is 2.19. The van der Waals surface area contributed by atoms with Crippen LogP contribution >= 0.6 is 23.2 Å². The van der Waals surface area contributed by atoms with Crippen LogP contribution in [0, 0.1) is 11.6 Å². The third kappa shape index (κ3) is 4.04. The normalized spacial score (nSPS) is 21.4. The molecular formula is C14H16Cl2F2O. The Kier molecular flexibility index (Phi) is 5.43. The topological polar surface area (TPSA) is 9.23 Å². The maximum absolute atomic E-state index is 13.2. The molecular weight excluding hydrogens is 293 g/mol. The predicted molar refractivity (Wildman–Crippen MR) is 72.8 cm³/mol. The van der Waals surface area contributed by atoms with E-state index in [0.29, 0.717) is 12.0 Å². The van der Waals surface area contributed by atoms with E-state index in [2.05, 4.69) is 0 Å². The summed E-state index contributed by atoms with van der Waals surface area (Å²) in [5.41, 5.74) is 0.443. The van der Waals surface area contributed by atoms with Crippen LogP contribution in [0.1, 0.15) is 43.0 Å². The first kappa shape index (κ1) is 15.0. The van der Waals surface area contributed by atoms with Gasteiger partial charge in [-0.1, -0.05) is 11.6 Å². The standard InChI is InChI=1S/C14H16Cl2F2O/c15-11(5-4-9-3-1-2-6-19-9)10-7-13(17)14(18)8-12(10)16/h7-9,11H,1-6H2. The zero-order valence-electron chi connectivity index (χ0n) is 10.5. The molecule has 1 aromatic carbocycles. The van der Waals surface area contributed by atoms with Crippen LogP contribution in [0.4, 0.5) is 8.78 Å². The number of alkyl halides is 1. The van der Waals surface area contributed by atoms with Gasteiger partial charge in [-0.05, 0) is 49.8 Å². The van der Waals surface area contributed by atoms with E-state index in [1.165, 1.54) is 6.42 Å². The molecule has 5 heteroatoms. The second kappa shape index (κ2) is 6.87. The van der Waals surface area contributed by atoms with Crippen molar-refractivity contribution in [3.8, 4) is 0 Å². The molecule has 1 saturated heterocycles. The monoisotopic (exact) mass is 308 g/mol. The van der Waals surface area contributed by atoms with Crippen LogP contribution in [-0.4, -0.2) is 12.7 Å². The zero-order chi connectivity index (χ0) is 13.8. The molecule has 2 rings (SSSR count). The summed E-state index contributed by atoms with van der Waals surface area (Å²) in [4.78, 5) is 0. The Balaban J connectivity index is 1.95. The maximum Gasteiger partial charge on any atom is 0.160 e. The van der Waals surface area contributed by atoms with E-state index in [4.69, 9.17) is 27.9 Å². The molecule has 1 aliphatic rings. The molecule has 0 N–H and O–H groups in total. The van der Waals surface area contributed by atoms with Crippen molar-refractivity contribution < 1.29 is 13.5 Å². The number of ether oxygens (including phenoxy) is 1. The molecule has 0 spiro atoms. The summed E-state index contributed by atoms with van der Waals surface area (Å²) < 4.78 is 31.8. The zero-order valence-corrected chi connectivity index (χ0v) is 12.0. The van der Waals surface area contributed by atoms with Gasteiger partial charge in [0, 0.05) is 11.6 Å². The van der Waals surface area contributed by atoms with Gasteiger partial charge in [-0.2, -0.15) is 0 Å². The Morgan fingerprint density at radius 3 is 2.68 bits per heavy atom. The Morgan fingerprint density at radius 1 is 1.26 bits per heavy atom. The summed E-state index contributed by atoms with van der Waals surface area (Å²) >= 11 is 12.1. The number of halogens is 4. The van der Waals surface area contributed by atoms with Crippen molar-refractivity contribution in [2.24, 2.45) is 0 Å². The third-order valence-electron chi connectivity index (χ3n) is 3.39. The summed E-state index contributed by atoms with van der Waals surface area (Å²) in [5.74, 6) is -1.87. The SMILES string of the molecule is Fc1cc(Cl)c(C(Cl)CCC2CCCCO2)cc1F. The number of hydrogen-bond donors (Lipinski definition) is 0. The van der Waals surface area contributed by atoms with E-state index in [-0.39, 0.29) is 11.1 Å². The van der Waals surface area contributed by atoms with Crippen LogP contribution in [0.3, 0.4) is 0 Å². The lowest BCUT2D eigenvalue weighted by Gasteiger charge is -2.23. The van der Waals surface area contributed by atoms with Gasteiger partial charge >= 0.3 is 0 Å². The molecule has 0 aromatic heterocycles. The van der Waals surface area contributed by atoms with Gasteiger partial charge in [-0.3, -0.25) is 0 Å². The van der Waals surface area contributed by atoms with E-state index in [9.17, 15) is 8.78 Å². The van der Waals surface area contributed by atoms with Gasteiger partial charge in [-0.25, -0.2) is 8.78 Å². The second-order valence-electron chi connectivity index (χ2n) is 4.82. The van der Waals surface area contributed by atoms with Crippen molar-refractivity contribution in [2.75, 3.05) is 6.61 Å². The van der Waals surface area contributed by atoms with E-state index in [1.807, 2.05) is 0 Å². The van der Waals surface area contributed by atoms with Crippen LogP contribution in [0.5, 0.6) is 0 Å². The summed E-state index contributed by atoms with van der Waals surface area (Å²) in [6.07, 6.45) is 4.98. The van der Waals surface area contributed by atoms with Gasteiger partial charge in [0.2, 0.25) is 0 Å². The smallest absolute Gasteiger partial charge is 0.160 e. The second-order valence-corrected chi connectivity index (χ2v) is 5.76. The Morgan fingerprint density at radius 2 is 2.00 bits per heavy atom. The summed E-state index contributed by atoms with van der Waals surface area (Å²) in [6.45, 7) is 0.795. The molecule has 0 saturated carbocycles. The highest BCUT2D eigenvalue weighted by molar-refractivity contribution is 6.32. The van der Waals surface area contributed by atoms with Crippen LogP contribution in [-0.2, 0) is 4.74 Å². The van der Waals surface area contributed by atoms with Gasteiger partial charge in [0.25, 0.3) is 0 Å². The average Bonchev–Trinajstić information content (AvgIpc) is 2.41. The minimum Gasteiger partial charge on any atom is -0.378 e. The van der Waals surface area contributed by atoms with Gasteiger partial charge in [-0.15, -0.1) is 11.6 Å². The summed E-state index contributed by atoms with van der Waals surface area (Å²) in [7, 11) is 0. The largest absolute Gasteiger partial charge is 0.378 e. The van der Waals surface area contributed by atoms with Gasteiger partial charge < -0.3 is 4.74 Å². The number of rotatable bonds is 4. The molecule has 1 nitrogen and oxygen atoms in total. The first-order valence-electron chi connectivity index (χ1n) is 6.48. The van der Waals surface area contributed by atoms with Crippen LogP contribution in [0.2, 0.25) is 5.02 Å². The molecule has 1 aromatic rings. The van der Waals surface area contributed by atoms with Gasteiger partial charge in [0.15, 0.2) is 11.6 Å². The van der Waals surface area contributed by atoms with E-state index < -0.39 is 17.0 Å². The third-order valence-corrected chi connectivity index (χ3v) is 4.17. The Labute approximate surface area is 121 Å². The lowest BCUT2D eigenvalue weighted by Crippen LogP contribution is -2.19. The van der Waals surface area contributed by atoms with Crippen molar-refractivity contribution in [3.63, 3.8) is 0 Å². The molecule has 19 heavy (non-hydrogen) atoms. The Bertz CT molecular complexity index is 434. The average molecular weight is 309 g/mol. The fraction of sp³-hybridized carbons (Fsp3) is 0.571. The van der Waals surface area contributed by atoms with Crippen LogP contribution < -0.4 is 0 Å². The molecule has 1 heterocycles. The molecule has 0 radical (unpaired) electrons. The van der Waals surface area contributed by atoms with Gasteiger partial charge in [0.05, 0.1) is 11.5 Å². The molecule has 0 amide bonds. The van der Waals surface area contributed by atoms with Crippen molar-refractivity contribution in [3.05, 3.63) is 34.4 Å². The quantitative estimate of drug-likeness (QED) is 0.545. The van der Waals surface area contributed by atoms with Gasteiger partial charge in [0.1, 0.15) is 0 Å². The summed E-state index contributed by atoms with van der Waals surface area (Å²) in [5, 5.41) is -0.253. The van der Waals surface area contributed by atoms with Crippen LogP contribution in [0.15, 0.2) is 12.1 Å². The lowest BCUT2D eigenvalue weighted by molar-refractivity contribution is 0.01000. The molecule has 1 aliphatic heterocycles. The van der Waals surface area contributed by atoms with Crippen molar-refractivity contribution in [1.82, 2.24) is 0 Å². The number of hydrogen-bond acceptors (Lipinski definition) is 1. The molecule has 0 bridgehead atoms.